The van der Waals surface area contributed by atoms with Gasteiger partial charge in [-0.2, -0.15) is 0 Å². The fourth-order valence-electron chi connectivity index (χ4n) is 2.87. The number of benzene rings is 1. The van der Waals surface area contributed by atoms with Gasteiger partial charge in [-0.1, -0.05) is 38.8 Å². The minimum Gasteiger partial charge on any atom is -0.550 e. The second-order valence-corrected chi connectivity index (χ2v) is 6.86. The van der Waals surface area contributed by atoms with Gasteiger partial charge in [-0.05, 0) is 62.5 Å². The van der Waals surface area contributed by atoms with E-state index >= 15 is 0 Å². The standard InChI is InChI=1S/C16H22O4.C6H10O4/c1-3-5-7-11-9-10-13(15(17)18)14(16(19)20)12(11)8-6-4-2;7-5(8)3-1-2-4-6(9)10/h9-10H,3-8H2,1-2H3,(H,17,18)(H,19,20);1-4H2,(H,7,8)(H,9,10)/p-4. The molecule has 0 radical (unpaired) electrons. The van der Waals surface area contributed by atoms with Gasteiger partial charge in [-0.3, -0.25) is 0 Å². The van der Waals surface area contributed by atoms with E-state index in [-0.39, 0.29) is 24.0 Å². The van der Waals surface area contributed by atoms with Crippen molar-refractivity contribution in [1.82, 2.24) is 0 Å². The SMILES string of the molecule is CCCCc1ccc(C(=O)[O-])c(C(=O)[O-])c1CCCC.O=C([O-])CCCCC(=O)[O-]. The van der Waals surface area contributed by atoms with Gasteiger partial charge in [0.05, 0.1) is 11.9 Å². The zero-order valence-electron chi connectivity index (χ0n) is 17.5. The van der Waals surface area contributed by atoms with Crippen LogP contribution >= 0.6 is 0 Å². The Balaban J connectivity index is 0.000000710. The Morgan fingerprint density at radius 2 is 1.20 bits per heavy atom. The summed E-state index contributed by atoms with van der Waals surface area (Å²) in [5.74, 6) is -5.19. The van der Waals surface area contributed by atoms with Crippen molar-refractivity contribution in [3.05, 3.63) is 34.4 Å². The van der Waals surface area contributed by atoms with Crippen LogP contribution in [0.1, 0.15) is 97.1 Å². The monoisotopic (exact) mass is 420 g/mol. The number of aromatic carboxylic acids is 2. The lowest BCUT2D eigenvalue weighted by atomic mass is 9.90. The van der Waals surface area contributed by atoms with Crippen molar-refractivity contribution in [3.63, 3.8) is 0 Å². The molecule has 8 heteroatoms. The second-order valence-electron chi connectivity index (χ2n) is 6.86. The molecule has 0 heterocycles. The molecule has 0 unspecified atom stereocenters. The molecule has 0 aromatic heterocycles. The maximum absolute atomic E-state index is 11.3. The summed E-state index contributed by atoms with van der Waals surface area (Å²) < 4.78 is 0. The third-order valence-corrected chi connectivity index (χ3v) is 4.43. The molecule has 0 saturated heterocycles. The average molecular weight is 420 g/mol. The van der Waals surface area contributed by atoms with Crippen LogP contribution in [0.15, 0.2) is 12.1 Å². The predicted octanol–water partition coefficient (Wildman–Crippen LogP) is -0.855. The molecule has 0 aliphatic rings. The van der Waals surface area contributed by atoms with Crippen molar-refractivity contribution in [2.45, 2.75) is 78.1 Å². The number of carbonyl (C=O) groups excluding carboxylic acids is 4. The zero-order valence-corrected chi connectivity index (χ0v) is 17.5. The first-order chi connectivity index (χ1) is 14.1. The number of aliphatic carboxylic acids is 2. The highest BCUT2D eigenvalue weighted by molar-refractivity contribution is 6.01. The summed E-state index contributed by atoms with van der Waals surface area (Å²) in [4.78, 5) is 41.9. The summed E-state index contributed by atoms with van der Waals surface area (Å²) in [7, 11) is 0. The van der Waals surface area contributed by atoms with E-state index in [0.29, 0.717) is 24.8 Å². The van der Waals surface area contributed by atoms with Gasteiger partial charge < -0.3 is 39.6 Å². The quantitative estimate of drug-likeness (QED) is 0.373. The summed E-state index contributed by atoms with van der Waals surface area (Å²) in [6.45, 7) is 4.06. The molecule has 8 nitrogen and oxygen atoms in total. The normalized spacial score (nSPS) is 10.1. The van der Waals surface area contributed by atoms with Gasteiger partial charge in [0.25, 0.3) is 0 Å². The van der Waals surface area contributed by atoms with Crippen molar-refractivity contribution in [1.29, 1.82) is 0 Å². The van der Waals surface area contributed by atoms with Crippen molar-refractivity contribution >= 4 is 23.9 Å². The van der Waals surface area contributed by atoms with Gasteiger partial charge in [-0.25, -0.2) is 0 Å². The van der Waals surface area contributed by atoms with E-state index in [1.54, 1.807) is 6.07 Å². The minimum absolute atomic E-state index is 0.0761. The fraction of sp³-hybridized carbons (Fsp3) is 0.545. The van der Waals surface area contributed by atoms with Crippen molar-refractivity contribution in [2.75, 3.05) is 0 Å². The molecule has 168 valence electrons. The van der Waals surface area contributed by atoms with Crippen LogP contribution in [-0.2, 0) is 22.4 Å². The molecule has 0 N–H and O–H groups in total. The van der Waals surface area contributed by atoms with E-state index in [9.17, 15) is 39.6 Å². The smallest absolute Gasteiger partial charge is 0.0724 e. The summed E-state index contributed by atoms with van der Waals surface area (Å²) in [6.07, 6.45) is 5.51. The molecule has 0 atom stereocenters. The summed E-state index contributed by atoms with van der Waals surface area (Å²) in [6, 6.07) is 3.03. The zero-order chi connectivity index (χ0) is 23.1. The highest BCUT2D eigenvalue weighted by Crippen LogP contribution is 2.23. The maximum atomic E-state index is 11.3. The Bertz CT molecular complexity index is 708. The topological polar surface area (TPSA) is 161 Å². The molecular formula is C22H28O8-4. The number of aryl methyl sites for hydroxylation is 1. The molecule has 0 aliphatic carbocycles. The van der Waals surface area contributed by atoms with E-state index < -0.39 is 23.9 Å². The van der Waals surface area contributed by atoms with Gasteiger partial charge in [0.15, 0.2) is 0 Å². The van der Waals surface area contributed by atoms with Crippen LogP contribution in [0, 0.1) is 0 Å². The van der Waals surface area contributed by atoms with Gasteiger partial charge >= 0.3 is 0 Å². The number of hydrogen-bond donors (Lipinski definition) is 0. The van der Waals surface area contributed by atoms with E-state index in [0.717, 1.165) is 37.7 Å². The Morgan fingerprint density at radius 1 is 0.700 bits per heavy atom. The van der Waals surface area contributed by atoms with Gasteiger partial charge in [0, 0.05) is 23.1 Å². The van der Waals surface area contributed by atoms with E-state index in [1.165, 1.54) is 6.07 Å². The van der Waals surface area contributed by atoms with Crippen molar-refractivity contribution < 1.29 is 39.6 Å². The van der Waals surface area contributed by atoms with Crippen LogP contribution in [0.4, 0.5) is 0 Å². The van der Waals surface area contributed by atoms with E-state index in [4.69, 9.17) is 0 Å². The third kappa shape index (κ3) is 10.6. The Labute approximate surface area is 176 Å². The lowest BCUT2D eigenvalue weighted by Crippen LogP contribution is -2.31. The largest absolute Gasteiger partial charge is 0.550 e. The fourth-order valence-corrected chi connectivity index (χ4v) is 2.87. The first-order valence-electron chi connectivity index (χ1n) is 10.1. The molecular weight excluding hydrogens is 392 g/mol. The minimum atomic E-state index is -1.47. The third-order valence-electron chi connectivity index (χ3n) is 4.43. The highest BCUT2D eigenvalue weighted by atomic mass is 16.4. The van der Waals surface area contributed by atoms with Crippen molar-refractivity contribution in [2.24, 2.45) is 0 Å². The Kier molecular flexibility index (Phi) is 13.6. The van der Waals surface area contributed by atoms with Crippen LogP contribution in [0.2, 0.25) is 0 Å². The molecule has 30 heavy (non-hydrogen) atoms. The number of hydrogen-bond acceptors (Lipinski definition) is 8. The van der Waals surface area contributed by atoms with Crippen LogP contribution in [0.25, 0.3) is 0 Å². The lowest BCUT2D eigenvalue weighted by Gasteiger charge is -2.20. The Hall–Kier alpha value is -2.90. The number of carbonyl (C=O) groups is 4. The predicted molar refractivity (Wildman–Crippen MR) is 101 cm³/mol. The van der Waals surface area contributed by atoms with Crippen LogP contribution in [0.3, 0.4) is 0 Å². The van der Waals surface area contributed by atoms with Crippen LogP contribution < -0.4 is 20.4 Å². The first-order valence-corrected chi connectivity index (χ1v) is 10.1. The number of carboxylic acids is 4. The molecule has 0 spiro atoms. The van der Waals surface area contributed by atoms with Crippen LogP contribution in [-0.4, -0.2) is 23.9 Å². The van der Waals surface area contributed by atoms with Gasteiger partial charge in [-0.15, -0.1) is 0 Å². The van der Waals surface area contributed by atoms with Crippen molar-refractivity contribution in [3.8, 4) is 0 Å². The van der Waals surface area contributed by atoms with Gasteiger partial charge in [0.1, 0.15) is 0 Å². The molecule has 0 amide bonds. The first kappa shape index (κ1) is 27.1. The second kappa shape index (κ2) is 15.0. The summed E-state index contributed by atoms with van der Waals surface area (Å²) in [5, 5.41) is 41.9. The summed E-state index contributed by atoms with van der Waals surface area (Å²) in [5.41, 5.74) is 1.02. The molecule has 1 rings (SSSR count). The lowest BCUT2D eigenvalue weighted by molar-refractivity contribution is -0.308. The number of carboxylic acid groups (broad SMARTS) is 4. The summed E-state index contributed by atoms with van der Waals surface area (Å²) >= 11 is 0. The van der Waals surface area contributed by atoms with E-state index in [2.05, 4.69) is 6.92 Å². The molecule has 0 aliphatic heterocycles. The van der Waals surface area contributed by atoms with Crippen LogP contribution in [0.5, 0.6) is 0 Å². The van der Waals surface area contributed by atoms with E-state index in [1.807, 2.05) is 6.92 Å². The molecule has 1 aromatic rings. The highest BCUT2D eigenvalue weighted by Gasteiger charge is 2.14. The Morgan fingerprint density at radius 3 is 1.60 bits per heavy atom. The maximum Gasteiger partial charge on any atom is 0.0724 e. The average Bonchev–Trinajstić information content (AvgIpc) is 2.67. The number of rotatable bonds is 13. The van der Waals surface area contributed by atoms with Gasteiger partial charge in [0.2, 0.25) is 0 Å². The molecule has 1 aromatic carbocycles. The molecule has 0 fully saturated rings. The molecule has 0 bridgehead atoms. The molecule has 0 saturated carbocycles. The number of unbranched alkanes of at least 4 members (excludes halogenated alkanes) is 3.